The molecular weight excluding hydrogens is 665 g/mol. The summed E-state index contributed by atoms with van der Waals surface area (Å²) in [4.78, 5) is 33.8. The fraction of sp³-hybridized carbons (Fsp3) is 0.854. The van der Waals surface area contributed by atoms with E-state index in [2.05, 4.69) is 43.5 Å². The third kappa shape index (κ3) is 39.5. The first-order valence-corrected chi connectivity index (χ1v) is 22.3. The van der Waals surface area contributed by atoms with Crippen molar-refractivity contribution in [3.63, 3.8) is 0 Å². The van der Waals surface area contributed by atoms with Gasteiger partial charge in [0, 0.05) is 19.4 Å². The lowest BCUT2D eigenvalue weighted by Crippen LogP contribution is -2.27. The second kappa shape index (κ2) is 38.2. The third-order valence-electron chi connectivity index (χ3n) is 8.88. The van der Waals surface area contributed by atoms with Gasteiger partial charge in [-0.2, -0.15) is 0 Å². The molecule has 0 fully saturated rings. The van der Waals surface area contributed by atoms with Crippen molar-refractivity contribution in [1.29, 1.82) is 0 Å². The highest BCUT2D eigenvalue weighted by atomic mass is 31.2. The Morgan fingerprint density at radius 1 is 0.608 bits per heavy atom. The molecule has 0 rings (SSSR count). The van der Waals surface area contributed by atoms with E-state index in [1.807, 2.05) is 0 Å². The van der Waals surface area contributed by atoms with Crippen molar-refractivity contribution in [2.75, 3.05) is 26.4 Å². The Balaban J connectivity index is 3.59. The van der Waals surface area contributed by atoms with Crippen molar-refractivity contribution in [2.24, 2.45) is 0 Å². The van der Waals surface area contributed by atoms with E-state index in [9.17, 15) is 24.2 Å². The number of esters is 1. The summed E-state index contributed by atoms with van der Waals surface area (Å²) in [6.07, 6.45) is 39.6. The third-order valence-corrected chi connectivity index (χ3v) is 9.87. The van der Waals surface area contributed by atoms with Gasteiger partial charge in [-0.15, -0.1) is 0 Å². The van der Waals surface area contributed by atoms with Gasteiger partial charge in [0.25, 0.3) is 0 Å². The standard InChI is InChI=1S/C41H78NO8P/c1-3-5-7-9-11-13-15-16-17-18-19-20-21-22-24-26-28-30-32-34-41(45)48-37-39(43)38-50-51(46,47)49-36-35-42-40(44)33-31-29-27-25-23-14-12-10-8-6-4-2/h11,13,16-17,39,43H,3-10,12,14-15,18-38H2,1-2H3,(H,42,44)(H,46,47)/b13-11-,17-16-. The van der Waals surface area contributed by atoms with Gasteiger partial charge >= 0.3 is 13.8 Å². The molecule has 0 radical (unpaired) electrons. The summed E-state index contributed by atoms with van der Waals surface area (Å²) in [7, 11) is -4.41. The zero-order valence-corrected chi connectivity index (χ0v) is 33.7. The van der Waals surface area contributed by atoms with Gasteiger partial charge in [0.15, 0.2) is 0 Å². The highest BCUT2D eigenvalue weighted by Gasteiger charge is 2.23. The number of amides is 1. The van der Waals surface area contributed by atoms with Crippen LogP contribution in [-0.4, -0.2) is 54.3 Å². The van der Waals surface area contributed by atoms with Crippen LogP contribution in [0.3, 0.4) is 0 Å². The molecule has 3 N–H and O–H groups in total. The second-order valence-corrected chi connectivity index (χ2v) is 15.4. The molecule has 10 heteroatoms. The van der Waals surface area contributed by atoms with E-state index in [4.69, 9.17) is 13.8 Å². The highest BCUT2D eigenvalue weighted by Crippen LogP contribution is 2.42. The Kier molecular flexibility index (Phi) is 37.1. The molecule has 300 valence electrons. The molecule has 0 aliphatic rings. The summed E-state index contributed by atoms with van der Waals surface area (Å²) in [5, 5.41) is 12.7. The first-order valence-electron chi connectivity index (χ1n) is 20.8. The maximum absolute atomic E-state index is 12.1. The van der Waals surface area contributed by atoms with Gasteiger partial charge < -0.3 is 20.1 Å². The number of ether oxygens (including phenoxy) is 1. The number of hydrogen-bond acceptors (Lipinski definition) is 7. The molecule has 9 nitrogen and oxygen atoms in total. The van der Waals surface area contributed by atoms with Gasteiger partial charge in [-0.1, -0.05) is 160 Å². The van der Waals surface area contributed by atoms with Crippen LogP contribution < -0.4 is 5.32 Å². The summed E-state index contributed by atoms with van der Waals surface area (Å²) in [5.41, 5.74) is 0. The van der Waals surface area contributed by atoms with Crippen LogP contribution in [0.4, 0.5) is 0 Å². The number of allylic oxidation sites excluding steroid dienone is 4. The summed E-state index contributed by atoms with van der Waals surface area (Å²) in [6, 6.07) is 0. The van der Waals surface area contributed by atoms with Crippen LogP contribution in [0.2, 0.25) is 0 Å². The van der Waals surface area contributed by atoms with Crippen LogP contribution in [0.1, 0.15) is 194 Å². The minimum atomic E-state index is -4.41. The molecule has 0 saturated carbocycles. The number of carbonyl (C=O) groups is 2. The number of aliphatic hydroxyl groups is 1. The average molecular weight is 744 g/mol. The Labute approximate surface area is 312 Å². The SMILES string of the molecule is CCCCC/C=C\C/C=C\CCCCCCCCCCCC(=O)OCC(O)COP(=O)(O)OCCNC(=O)CCCCCCCCCCCCC. The van der Waals surface area contributed by atoms with E-state index in [-0.39, 0.29) is 32.1 Å². The zero-order chi connectivity index (χ0) is 37.5. The monoisotopic (exact) mass is 744 g/mol. The minimum Gasteiger partial charge on any atom is -0.463 e. The lowest BCUT2D eigenvalue weighted by molar-refractivity contribution is -0.147. The summed E-state index contributed by atoms with van der Waals surface area (Å²) in [6.45, 7) is 3.52. The number of aliphatic hydroxyl groups excluding tert-OH is 1. The van der Waals surface area contributed by atoms with Crippen LogP contribution >= 0.6 is 7.82 Å². The summed E-state index contributed by atoms with van der Waals surface area (Å²) < 4.78 is 26.8. The number of carbonyl (C=O) groups excluding carboxylic acids is 2. The molecule has 51 heavy (non-hydrogen) atoms. The Morgan fingerprint density at radius 3 is 1.61 bits per heavy atom. The highest BCUT2D eigenvalue weighted by molar-refractivity contribution is 7.47. The quantitative estimate of drug-likeness (QED) is 0.0245. The number of phosphoric ester groups is 1. The molecule has 0 spiro atoms. The van der Waals surface area contributed by atoms with Crippen molar-refractivity contribution in [3.8, 4) is 0 Å². The van der Waals surface area contributed by atoms with Crippen molar-refractivity contribution in [2.45, 2.75) is 200 Å². The maximum Gasteiger partial charge on any atom is 0.472 e. The predicted molar refractivity (Wildman–Crippen MR) is 211 cm³/mol. The second-order valence-electron chi connectivity index (χ2n) is 14.0. The van der Waals surface area contributed by atoms with Crippen molar-refractivity contribution in [1.82, 2.24) is 5.32 Å². The van der Waals surface area contributed by atoms with Crippen LogP contribution in [0.15, 0.2) is 24.3 Å². The van der Waals surface area contributed by atoms with Crippen molar-refractivity contribution >= 4 is 19.7 Å². The molecule has 2 unspecified atom stereocenters. The molecule has 2 atom stereocenters. The number of phosphoric acid groups is 1. The van der Waals surface area contributed by atoms with Crippen LogP contribution in [0.5, 0.6) is 0 Å². The molecule has 0 aliphatic carbocycles. The Morgan fingerprint density at radius 2 is 1.06 bits per heavy atom. The van der Waals surface area contributed by atoms with E-state index in [0.29, 0.717) is 6.42 Å². The number of nitrogens with one attached hydrogen (secondary N) is 1. The van der Waals surface area contributed by atoms with E-state index >= 15 is 0 Å². The normalized spacial score (nSPS) is 13.6. The minimum absolute atomic E-state index is 0.0842. The first kappa shape index (κ1) is 49.5. The van der Waals surface area contributed by atoms with Crippen molar-refractivity contribution < 1.29 is 37.9 Å². The largest absolute Gasteiger partial charge is 0.472 e. The summed E-state index contributed by atoms with van der Waals surface area (Å²) in [5.74, 6) is -0.518. The average Bonchev–Trinajstić information content (AvgIpc) is 3.11. The number of unbranched alkanes of at least 4 members (excludes halogenated alkanes) is 22. The molecule has 0 aromatic carbocycles. The Bertz CT molecular complexity index is 897. The fourth-order valence-electron chi connectivity index (χ4n) is 5.70. The topological polar surface area (TPSA) is 131 Å². The Hall–Kier alpha value is -1.51. The molecular formula is C41H78NO8P. The molecule has 0 saturated heterocycles. The smallest absolute Gasteiger partial charge is 0.463 e. The number of hydrogen-bond donors (Lipinski definition) is 3. The van der Waals surface area contributed by atoms with Crippen LogP contribution in [0, 0.1) is 0 Å². The fourth-order valence-corrected chi connectivity index (χ4v) is 6.46. The maximum atomic E-state index is 12.1. The molecule has 0 aliphatic heterocycles. The zero-order valence-electron chi connectivity index (χ0n) is 32.8. The van der Waals surface area contributed by atoms with E-state index in [1.54, 1.807) is 0 Å². The van der Waals surface area contributed by atoms with E-state index in [0.717, 1.165) is 44.9 Å². The first-order chi connectivity index (χ1) is 24.8. The predicted octanol–water partition coefficient (Wildman–Crippen LogP) is 11.2. The van der Waals surface area contributed by atoms with Gasteiger partial charge in [0.1, 0.15) is 12.7 Å². The van der Waals surface area contributed by atoms with Crippen molar-refractivity contribution in [3.05, 3.63) is 24.3 Å². The lowest BCUT2D eigenvalue weighted by atomic mass is 10.1. The molecule has 0 aromatic rings. The molecule has 1 amide bonds. The van der Waals surface area contributed by atoms with Gasteiger partial charge in [-0.25, -0.2) is 4.57 Å². The number of rotatable bonds is 39. The van der Waals surface area contributed by atoms with Crippen LogP contribution in [-0.2, 0) is 27.9 Å². The van der Waals surface area contributed by atoms with Gasteiger partial charge in [-0.3, -0.25) is 18.6 Å². The molecule has 0 aromatic heterocycles. The summed E-state index contributed by atoms with van der Waals surface area (Å²) >= 11 is 0. The lowest BCUT2D eigenvalue weighted by Gasteiger charge is -2.15. The van der Waals surface area contributed by atoms with Gasteiger partial charge in [0.05, 0.1) is 13.2 Å². The van der Waals surface area contributed by atoms with Gasteiger partial charge in [-0.05, 0) is 44.9 Å². The van der Waals surface area contributed by atoms with E-state index in [1.165, 1.54) is 122 Å². The molecule has 0 bridgehead atoms. The van der Waals surface area contributed by atoms with Crippen LogP contribution in [0.25, 0.3) is 0 Å². The molecule has 0 heterocycles. The van der Waals surface area contributed by atoms with E-state index < -0.39 is 26.5 Å². The van der Waals surface area contributed by atoms with Gasteiger partial charge in [0.2, 0.25) is 5.91 Å².